The summed E-state index contributed by atoms with van der Waals surface area (Å²) in [4.78, 5) is 21.3. The molecule has 11 heteroatoms. The van der Waals surface area contributed by atoms with Gasteiger partial charge in [0.2, 0.25) is 0 Å². The molecule has 0 radical (unpaired) electrons. The molecule has 16 heavy (non-hydrogen) atoms. The summed E-state index contributed by atoms with van der Waals surface area (Å²) in [6, 6.07) is -1.83. The Morgan fingerprint density at radius 1 is 1.62 bits per heavy atom. The molecule has 0 bridgehead atoms. The van der Waals surface area contributed by atoms with Crippen molar-refractivity contribution in [3.8, 4) is 0 Å². The normalized spacial score (nSPS) is 23.4. The van der Waals surface area contributed by atoms with Crippen molar-refractivity contribution < 1.29 is 22.6 Å². The molecule has 0 aliphatic carbocycles. The smallest absolute Gasteiger partial charge is 0.332 e. The first-order chi connectivity index (χ1) is 7.29. The molecule has 4 amide bonds. The Hall–Kier alpha value is -1.88. The van der Waals surface area contributed by atoms with E-state index in [1.54, 1.807) is 0 Å². The predicted molar refractivity (Wildman–Crippen MR) is 51.8 cm³/mol. The molecule has 6 N–H and O–H groups in total. The molecule has 1 aliphatic heterocycles. The summed E-state index contributed by atoms with van der Waals surface area (Å²) in [5.74, 6) is -0.134. The molecule has 0 spiro atoms. The fourth-order valence-electron chi connectivity index (χ4n) is 0.967. The van der Waals surface area contributed by atoms with Crippen LogP contribution in [0, 0.1) is 0 Å². The first-order valence-electron chi connectivity index (χ1n) is 3.95. The molecule has 0 aromatic heterocycles. The van der Waals surface area contributed by atoms with Gasteiger partial charge in [0.05, 0.1) is 0 Å². The number of nitrogens with zero attached hydrogens (tertiary/aromatic N) is 1. The number of rotatable bonds is 2. The molecule has 1 atom stereocenters. The summed E-state index contributed by atoms with van der Waals surface area (Å²) in [7, 11) is -4.43. The number of amides is 4. The second-order valence-corrected chi connectivity index (χ2v) is 4.44. The van der Waals surface area contributed by atoms with Gasteiger partial charge in [0, 0.05) is 6.42 Å². The van der Waals surface area contributed by atoms with Crippen molar-refractivity contribution in [3.05, 3.63) is 0 Å². The monoisotopic (exact) mass is 251 g/mol. The van der Waals surface area contributed by atoms with Gasteiger partial charge in [-0.3, -0.25) is 9.87 Å². The first-order valence-corrected chi connectivity index (χ1v) is 5.45. The minimum atomic E-state index is -4.43. The zero-order valence-corrected chi connectivity index (χ0v) is 8.61. The highest BCUT2D eigenvalue weighted by Crippen LogP contribution is 2.05. The van der Waals surface area contributed by atoms with E-state index in [0.29, 0.717) is 0 Å². The highest BCUT2D eigenvalue weighted by molar-refractivity contribution is 7.86. The van der Waals surface area contributed by atoms with E-state index in [4.69, 9.17) is 10.3 Å². The van der Waals surface area contributed by atoms with Gasteiger partial charge in [0.1, 0.15) is 5.84 Å². The molecule has 0 saturated carbocycles. The van der Waals surface area contributed by atoms with Gasteiger partial charge in [-0.1, -0.05) is 0 Å². The van der Waals surface area contributed by atoms with E-state index in [0.717, 1.165) is 0 Å². The maximum Gasteiger partial charge on any atom is 0.332 e. The summed E-state index contributed by atoms with van der Waals surface area (Å²) >= 11 is 0. The Balaban J connectivity index is 2.80. The van der Waals surface area contributed by atoms with Crippen LogP contribution in [0.15, 0.2) is 5.10 Å². The molecule has 1 unspecified atom stereocenters. The van der Waals surface area contributed by atoms with Crippen LogP contribution in [0.2, 0.25) is 0 Å². The van der Waals surface area contributed by atoms with Crippen LogP contribution in [-0.4, -0.2) is 36.2 Å². The summed E-state index contributed by atoms with van der Waals surface area (Å²) < 4.78 is 30.2. The van der Waals surface area contributed by atoms with Gasteiger partial charge in [0.15, 0.2) is 5.37 Å². The van der Waals surface area contributed by atoms with Crippen molar-refractivity contribution in [2.24, 2.45) is 10.8 Å². The summed E-state index contributed by atoms with van der Waals surface area (Å²) in [5.41, 5.74) is 6.53. The molecule has 0 aromatic carbocycles. The van der Waals surface area contributed by atoms with Crippen LogP contribution < -0.4 is 21.8 Å². The van der Waals surface area contributed by atoms with Gasteiger partial charge in [-0.15, -0.1) is 0 Å². The lowest BCUT2D eigenvalue weighted by molar-refractivity contribution is 0.240. The van der Waals surface area contributed by atoms with Crippen molar-refractivity contribution in [1.82, 2.24) is 16.1 Å². The third-order valence-corrected chi connectivity index (χ3v) is 2.59. The quantitative estimate of drug-likeness (QED) is 0.279. The van der Waals surface area contributed by atoms with Crippen LogP contribution >= 0.6 is 0 Å². The van der Waals surface area contributed by atoms with Crippen molar-refractivity contribution in [3.63, 3.8) is 0 Å². The fraction of sp³-hybridized carbons (Fsp3) is 0.400. The van der Waals surface area contributed by atoms with E-state index < -0.39 is 27.6 Å². The lowest BCUT2D eigenvalue weighted by Crippen LogP contribution is -2.55. The SMILES string of the molecule is NC(=O)N/N=C1/CC(S(=O)(=O)O)NC(=O)N1. The second-order valence-electron chi connectivity index (χ2n) is 2.84. The Bertz CT molecular complexity index is 442. The van der Waals surface area contributed by atoms with Gasteiger partial charge >= 0.3 is 12.1 Å². The molecular formula is C5H9N5O5S. The lowest BCUT2D eigenvalue weighted by atomic mass is 10.3. The van der Waals surface area contributed by atoms with Crippen LogP contribution in [0.4, 0.5) is 9.59 Å². The maximum atomic E-state index is 11.0. The summed E-state index contributed by atoms with van der Waals surface area (Å²) in [6.07, 6.45) is -0.315. The Morgan fingerprint density at radius 3 is 2.75 bits per heavy atom. The van der Waals surface area contributed by atoms with Gasteiger partial charge in [-0.05, 0) is 0 Å². The maximum absolute atomic E-state index is 11.0. The van der Waals surface area contributed by atoms with Gasteiger partial charge in [-0.25, -0.2) is 15.0 Å². The van der Waals surface area contributed by atoms with E-state index in [2.05, 4.69) is 10.4 Å². The number of carbonyl (C=O) groups excluding carboxylic acids is 2. The average molecular weight is 251 g/mol. The van der Waals surface area contributed by atoms with E-state index in [-0.39, 0.29) is 12.3 Å². The van der Waals surface area contributed by atoms with Crippen molar-refractivity contribution >= 4 is 28.0 Å². The summed E-state index contributed by atoms with van der Waals surface area (Å²) in [5, 5.41) is 5.93. The highest BCUT2D eigenvalue weighted by Gasteiger charge is 2.31. The largest absolute Gasteiger partial charge is 0.350 e. The zero-order valence-electron chi connectivity index (χ0n) is 7.80. The standard InChI is InChI=1S/C5H9N5O5S/c6-4(11)10-9-2-1-3(16(13,14)15)8-5(12)7-2/h3H,1H2,(H3,6,10,11)(H,13,14,15)(H2,7,8,9,12). The Labute approximate surface area is 90.0 Å². The molecule has 0 aromatic rings. The predicted octanol–water partition coefficient (Wildman–Crippen LogP) is -2.11. The number of hydrogen-bond acceptors (Lipinski definition) is 5. The van der Waals surface area contributed by atoms with Gasteiger partial charge < -0.3 is 11.1 Å². The van der Waals surface area contributed by atoms with Crippen LogP contribution in [-0.2, 0) is 10.1 Å². The topological polar surface area (TPSA) is 163 Å². The van der Waals surface area contributed by atoms with E-state index in [9.17, 15) is 18.0 Å². The Morgan fingerprint density at radius 2 is 2.25 bits per heavy atom. The number of carbonyl (C=O) groups is 2. The third kappa shape index (κ3) is 3.36. The number of amidine groups is 1. The van der Waals surface area contributed by atoms with Gasteiger partial charge in [-0.2, -0.15) is 13.5 Å². The highest BCUT2D eigenvalue weighted by atomic mass is 32.2. The number of hydrazone groups is 1. The minimum Gasteiger partial charge on any atom is -0.350 e. The lowest BCUT2D eigenvalue weighted by Gasteiger charge is -2.22. The van der Waals surface area contributed by atoms with E-state index in [1.165, 1.54) is 0 Å². The molecule has 1 fully saturated rings. The second kappa shape index (κ2) is 4.32. The molecule has 1 saturated heterocycles. The molecule has 90 valence electrons. The number of hydrogen-bond donors (Lipinski definition) is 5. The van der Waals surface area contributed by atoms with Crippen molar-refractivity contribution in [1.29, 1.82) is 0 Å². The van der Waals surface area contributed by atoms with Crippen LogP contribution in [0.1, 0.15) is 6.42 Å². The number of urea groups is 2. The van der Waals surface area contributed by atoms with E-state index in [1.807, 2.05) is 10.7 Å². The van der Waals surface area contributed by atoms with Gasteiger partial charge in [0.25, 0.3) is 10.1 Å². The number of nitrogens with two attached hydrogens (primary N) is 1. The summed E-state index contributed by atoms with van der Waals surface area (Å²) in [6.45, 7) is 0. The molecule has 10 nitrogen and oxygen atoms in total. The van der Waals surface area contributed by atoms with Crippen LogP contribution in [0.3, 0.4) is 0 Å². The minimum absolute atomic E-state index is 0.134. The van der Waals surface area contributed by atoms with Crippen LogP contribution in [0.25, 0.3) is 0 Å². The molecule has 1 aliphatic rings. The molecular weight excluding hydrogens is 242 g/mol. The fourth-order valence-corrected chi connectivity index (χ4v) is 1.59. The zero-order chi connectivity index (χ0) is 12.3. The van der Waals surface area contributed by atoms with E-state index >= 15 is 0 Å². The number of primary amides is 1. The van der Waals surface area contributed by atoms with Crippen molar-refractivity contribution in [2.75, 3.05) is 0 Å². The third-order valence-electron chi connectivity index (χ3n) is 1.59. The van der Waals surface area contributed by atoms with Crippen LogP contribution in [0.5, 0.6) is 0 Å². The number of nitrogens with one attached hydrogen (secondary N) is 3. The molecule has 1 heterocycles. The average Bonchev–Trinajstić information content (AvgIpc) is 2.12. The van der Waals surface area contributed by atoms with Crippen molar-refractivity contribution in [2.45, 2.75) is 11.8 Å². The first kappa shape index (κ1) is 12.2. The Kier molecular flexibility index (Phi) is 3.29. The molecule has 1 rings (SSSR count).